The summed E-state index contributed by atoms with van der Waals surface area (Å²) in [4.78, 5) is 16.8. The fourth-order valence-corrected chi connectivity index (χ4v) is 3.68. The number of fused-ring (bicyclic) bond motifs is 1. The SMILES string of the molecule is O=C(COc1cccc2ccccc12)N1CCN(Cc2ccc(Cl)cc2)CC1. The Labute approximate surface area is 170 Å². The van der Waals surface area contributed by atoms with Crippen molar-refractivity contribution in [2.45, 2.75) is 6.54 Å². The largest absolute Gasteiger partial charge is 0.483 e. The van der Waals surface area contributed by atoms with Crippen LogP contribution in [0.5, 0.6) is 5.75 Å². The van der Waals surface area contributed by atoms with E-state index in [-0.39, 0.29) is 12.5 Å². The fraction of sp³-hybridized carbons (Fsp3) is 0.261. The monoisotopic (exact) mass is 394 g/mol. The minimum Gasteiger partial charge on any atom is -0.483 e. The van der Waals surface area contributed by atoms with Crippen LogP contribution in [0.2, 0.25) is 5.02 Å². The molecular weight excluding hydrogens is 372 g/mol. The van der Waals surface area contributed by atoms with E-state index in [1.54, 1.807) is 0 Å². The Balaban J connectivity index is 1.28. The van der Waals surface area contributed by atoms with Crippen molar-refractivity contribution in [3.05, 3.63) is 77.3 Å². The molecule has 0 aromatic heterocycles. The highest BCUT2D eigenvalue weighted by atomic mass is 35.5. The van der Waals surface area contributed by atoms with Crippen molar-refractivity contribution in [2.75, 3.05) is 32.8 Å². The van der Waals surface area contributed by atoms with E-state index in [2.05, 4.69) is 17.0 Å². The smallest absolute Gasteiger partial charge is 0.260 e. The molecule has 4 rings (SSSR count). The molecule has 4 nitrogen and oxygen atoms in total. The van der Waals surface area contributed by atoms with E-state index in [1.807, 2.05) is 59.5 Å². The first-order chi connectivity index (χ1) is 13.7. The molecule has 1 aliphatic heterocycles. The molecule has 28 heavy (non-hydrogen) atoms. The number of piperazine rings is 1. The van der Waals surface area contributed by atoms with E-state index in [9.17, 15) is 4.79 Å². The zero-order chi connectivity index (χ0) is 19.3. The molecule has 1 aliphatic rings. The van der Waals surface area contributed by atoms with Crippen molar-refractivity contribution in [1.29, 1.82) is 0 Å². The molecular formula is C23H23ClN2O2. The molecule has 0 aliphatic carbocycles. The van der Waals surface area contributed by atoms with Crippen molar-refractivity contribution in [3.8, 4) is 5.75 Å². The maximum atomic E-state index is 12.6. The Kier molecular flexibility index (Phi) is 5.79. The van der Waals surface area contributed by atoms with Crippen molar-refractivity contribution in [1.82, 2.24) is 9.80 Å². The van der Waals surface area contributed by atoms with Crippen LogP contribution in [0.1, 0.15) is 5.56 Å². The highest BCUT2D eigenvalue weighted by Gasteiger charge is 2.21. The Hall–Kier alpha value is -2.56. The molecule has 3 aromatic carbocycles. The summed E-state index contributed by atoms with van der Waals surface area (Å²) in [5, 5.41) is 2.90. The molecule has 1 amide bonds. The summed E-state index contributed by atoms with van der Waals surface area (Å²) in [7, 11) is 0. The summed E-state index contributed by atoms with van der Waals surface area (Å²) < 4.78 is 5.85. The number of benzene rings is 3. The quantitative estimate of drug-likeness (QED) is 0.649. The molecule has 0 saturated carbocycles. The van der Waals surface area contributed by atoms with Crippen molar-refractivity contribution in [2.24, 2.45) is 0 Å². The summed E-state index contributed by atoms with van der Waals surface area (Å²) >= 11 is 5.94. The lowest BCUT2D eigenvalue weighted by Gasteiger charge is -2.34. The first kappa shape index (κ1) is 18.8. The molecule has 1 saturated heterocycles. The van der Waals surface area contributed by atoms with Crippen LogP contribution < -0.4 is 4.74 Å². The fourth-order valence-electron chi connectivity index (χ4n) is 3.56. The van der Waals surface area contributed by atoms with E-state index in [0.29, 0.717) is 0 Å². The van der Waals surface area contributed by atoms with Gasteiger partial charge in [-0.25, -0.2) is 0 Å². The zero-order valence-electron chi connectivity index (χ0n) is 15.7. The van der Waals surface area contributed by atoms with E-state index in [1.165, 1.54) is 5.56 Å². The lowest BCUT2D eigenvalue weighted by atomic mass is 10.1. The van der Waals surface area contributed by atoms with E-state index in [0.717, 1.165) is 54.3 Å². The zero-order valence-corrected chi connectivity index (χ0v) is 16.4. The lowest BCUT2D eigenvalue weighted by molar-refractivity contribution is -0.135. The van der Waals surface area contributed by atoms with Gasteiger partial charge in [0, 0.05) is 43.1 Å². The van der Waals surface area contributed by atoms with Crippen LogP contribution in [0.15, 0.2) is 66.7 Å². The second-order valence-corrected chi connectivity index (χ2v) is 7.49. The van der Waals surface area contributed by atoms with Gasteiger partial charge >= 0.3 is 0 Å². The number of nitrogens with zero attached hydrogens (tertiary/aromatic N) is 2. The highest BCUT2D eigenvalue weighted by molar-refractivity contribution is 6.30. The first-order valence-electron chi connectivity index (χ1n) is 9.54. The number of carbonyl (C=O) groups is 1. The minimum absolute atomic E-state index is 0.0408. The average molecular weight is 395 g/mol. The lowest BCUT2D eigenvalue weighted by Crippen LogP contribution is -2.49. The average Bonchev–Trinajstić information content (AvgIpc) is 2.74. The topological polar surface area (TPSA) is 32.8 Å². The van der Waals surface area contributed by atoms with Gasteiger partial charge in [0.05, 0.1) is 0 Å². The third-order valence-electron chi connectivity index (χ3n) is 5.15. The predicted octanol–water partition coefficient (Wildman–Crippen LogP) is 4.22. The maximum absolute atomic E-state index is 12.6. The van der Waals surface area contributed by atoms with E-state index < -0.39 is 0 Å². The van der Waals surface area contributed by atoms with Crippen LogP contribution in [0.3, 0.4) is 0 Å². The Morgan fingerprint density at radius 3 is 2.39 bits per heavy atom. The van der Waals surface area contributed by atoms with Gasteiger partial charge in [0.15, 0.2) is 6.61 Å². The van der Waals surface area contributed by atoms with Crippen LogP contribution >= 0.6 is 11.6 Å². The normalized spacial score (nSPS) is 15.0. The number of rotatable bonds is 5. The number of amides is 1. The summed E-state index contributed by atoms with van der Waals surface area (Å²) in [5.74, 6) is 0.798. The van der Waals surface area contributed by atoms with Crippen LogP contribution in [0.4, 0.5) is 0 Å². The van der Waals surface area contributed by atoms with Gasteiger partial charge in [-0.2, -0.15) is 0 Å². The van der Waals surface area contributed by atoms with E-state index >= 15 is 0 Å². The van der Waals surface area contributed by atoms with Crippen LogP contribution in [0.25, 0.3) is 10.8 Å². The molecule has 0 radical (unpaired) electrons. The van der Waals surface area contributed by atoms with Crippen molar-refractivity contribution < 1.29 is 9.53 Å². The van der Waals surface area contributed by atoms with Gasteiger partial charge in [0.2, 0.25) is 0 Å². The number of hydrogen-bond acceptors (Lipinski definition) is 3. The number of halogens is 1. The molecule has 0 unspecified atom stereocenters. The minimum atomic E-state index is 0.0408. The first-order valence-corrected chi connectivity index (χ1v) is 9.92. The standard InChI is InChI=1S/C23H23ClN2O2/c24-20-10-8-18(9-11-20)16-25-12-14-26(15-13-25)23(27)17-28-22-7-3-5-19-4-1-2-6-21(19)22/h1-11H,12-17H2. The van der Waals surface area contributed by atoms with Gasteiger partial charge in [-0.15, -0.1) is 0 Å². The molecule has 0 atom stereocenters. The van der Waals surface area contributed by atoms with Crippen molar-refractivity contribution in [3.63, 3.8) is 0 Å². The van der Waals surface area contributed by atoms with Gasteiger partial charge in [-0.3, -0.25) is 9.69 Å². The molecule has 1 fully saturated rings. The Morgan fingerprint density at radius 1 is 0.893 bits per heavy atom. The van der Waals surface area contributed by atoms with Gasteiger partial charge < -0.3 is 9.64 Å². The predicted molar refractivity (Wildman–Crippen MR) is 113 cm³/mol. The molecule has 0 spiro atoms. The summed E-state index contributed by atoms with van der Waals surface area (Å²) in [6.45, 7) is 4.14. The Bertz CT molecular complexity index is 945. The van der Waals surface area contributed by atoms with E-state index in [4.69, 9.17) is 16.3 Å². The second kappa shape index (κ2) is 8.63. The van der Waals surface area contributed by atoms with Gasteiger partial charge in [0.25, 0.3) is 5.91 Å². The van der Waals surface area contributed by atoms with Crippen LogP contribution in [-0.4, -0.2) is 48.5 Å². The van der Waals surface area contributed by atoms with Gasteiger partial charge in [-0.1, -0.05) is 60.1 Å². The van der Waals surface area contributed by atoms with Crippen LogP contribution in [0, 0.1) is 0 Å². The third kappa shape index (κ3) is 4.46. The molecule has 0 bridgehead atoms. The molecule has 5 heteroatoms. The van der Waals surface area contributed by atoms with Gasteiger partial charge in [0.1, 0.15) is 5.75 Å². The summed E-state index contributed by atoms with van der Waals surface area (Å²) in [6, 6.07) is 21.9. The van der Waals surface area contributed by atoms with Crippen molar-refractivity contribution >= 4 is 28.3 Å². The third-order valence-corrected chi connectivity index (χ3v) is 5.40. The number of carbonyl (C=O) groups excluding carboxylic acids is 1. The number of hydrogen-bond donors (Lipinski definition) is 0. The number of ether oxygens (including phenoxy) is 1. The summed E-state index contributed by atoms with van der Waals surface area (Å²) in [6.07, 6.45) is 0. The second-order valence-electron chi connectivity index (χ2n) is 7.05. The highest BCUT2D eigenvalue weighted by Crippen LogP contribution is 2.25. The molecule has 0 N–H and O–H groups in total. The van der Waals surface area contributed by atoms with Gasteiger partial charge in [-0.05, 0) is 29.1 Å². The maximum Gasteiger partial charge on any atom is 0.260 e. The van der Waals surface area contributed by atoms with Crippen LogP contribution in [-0.2, 0) is 11.3 Å². The molecule has 144 valence electrons. The summed E-state index contributed by atoms with van der Waals surface area (Å²) in [5.41, 5.74) is 1.24. The molecule has 1 heterocycles. The molecule has 3 aromatic rings. The Morgan fingerprint density at radius 2 is 1.61 bits per heavy atom.